The molecule has 4 N–H and O–H groups in total. The number of nitrogens with one attached hydrogen (secondary N) is 1. The Hall–Kier alpha value is -2.59. The summed E-state index contributed by atoms with van der Waals surface area (Å²) in [5.74, 6) is 0.0644. The molecule has 1 amide bonds. The fourth-order valence-corrected chi connectivity index (χ4v) is 3.93. The molecular weight excluding hydrogens is 384 g/mol. The van der Waals surface area contributed by atoms with Crippen molar-refractivity contribution in [3.05, 3.63) is 39.8 Å². The van der Waals surface area contributed by atoms with Gasteiger partial charge >= 0.3 is 0 Å². The summed E-state index contributed by atoms with van der Waals surface area (Å²) in [6, 6.07) is 7.01. The van der Waals surface area contributed by atoms with E-state index in [1.165, 1.54) is 22.7 Å². The van der Waals surface area contributed by atoms with E-state index in [4.69, 9.17) is 5.73 Å². The number of nitrogens with two attached hydrogens (primary N) is 1. The molecule has 27 heavy (non-hydrogen) atoms. The Bertz CT molecular complexity index is 895. The molecule has 2 heterocycles. The van der Waals surface area contributed by atoms with Crippen LogP contribution in [0.25, 0.3) is 0 Å². The summed E-state index contributed by atoms with van der Waals surface area (Å²) in [5.41, 5.74) is 6.31. The summed E-state index contributed by atoms with van der Waals surface area (Å²) in [4.78, 5) is 12.0. The number of nitrogens with zero attached hydrogens (tertiary/aromatic N) is 4. The van der Waals surface area contributed by atoms with Crippen molar-refractivity contribution in [2.75, 3.05) is 11.1 Å². The largest absolute Gasteiger partial charge is 0.508 e. The number of phenols is 1. The number of unbranched alkanes of at least 4 members (excludes halogenated alkanes) is 1. The van der Waals surface area contributed by atoms with Crippen LogP contribution in [0, 0.1) is 0 Å². The van der Waals surface area contributed by atoms with Crippen molar-refractivity contribution < 1.29 is 9.90 Å². The highest BCUT2D eigenvalue weighted by Gasteiger charge is 2.10. The SMILES string of the molecule is Nc1nnc(CCCCc2nnc(NC(=O)CCc3ccccc3O)s2)s1. The lowest BCUT2D eigenvalue weighted by molar-refractivity contribution is -0.116. The van der Waals surface area contributed by atoms with Gasteiger partial charge in [0.05, 0.1) is 0 Å². The van der Waals surface area contributed by atoms with Gasteiger partial charge in [0.2, 0.25) is 16.2 Å². The van der Waals surface area contributed by atoms with E-state index in [1.54, 1.807) is 12.1 Å². The topological polar surface area (TPSA) is 127 Å². The van der Waals surface area contributed by atoms with Crippen LogP contribution in [0.5, 0.6) is 5.75 Å². The van der Waals surface area contributed by atoms with Crippen LogP contribution >= 0.6 is 22.7 Å². The Kier molecular flexibility index (Phi) is 6.66. The normalized spacial score (nSPS) is 10.8. The van der Waals surface area contributed by atoms with E-state index in [0.29, 0.717) is 16.7 Å². The van der Waals surface area contributed by atoms with Gasteiger partial charge in [-0.25, -0.2) is 0 Å². The van der Waals surface area contributed by atoms with Gasteiger partial charge in [-0.2, -0.15) is 0 Å². The highest BCUT2D eigenvalue weighted by molar-refractivity contribution is 7.15. The third-order valence-electron chi connectivity index (χ3n) is 3.84. The number of benzene rings is 1. The van der Waals surface area contributed by atoms with Crippen LogP contribution in [0.3, 0.4) is 0 Å². The molecule has 3 aromatic rings. The fraction of sp³-hybridized carbons (Fsp3) is 0.353. The number of hydrogen-bond acceptors (Lipinski definition) is 9. The molecule has 0 atom stereocenters. The van der Waals surface area contributed by atoms with Crippen molar-refractivity contribution in [1.82, 2.24) is 20.4 Å². The highest BCUT2D eigenvalue weighted by Crippen LogP contribution is 2.20. The van der Waals surface area contributed by atoms with Crippen LogP contribution in [0.2, 0.25) is 0 Å². The molecule has 8 nitrogen and oxygen atoms in total. The molecule has 0 radical (unpaired) electrons. The molecule has 0 aliphatic carbocycles. The van der Waals surface area contributed by atoms with Crippen LogP contribution < -0.4 is 11.1 Å². The van der Waals surface area contributed by atoms with Crippen molar-refractivity contribution in [1.29, 1.82) is 0 Å². The fourth-order valence-electron chi connectivity index (χ4n) is 2.48. The summed E-state index contributed by atoms with van der Waals surface area (Å²) >= 11 is 2.80. The van der Waals surface area contributed by atoms with Crippen LogP contribution in [-0.2, 0) is 24.1 Å². The van der Waals surface area contributed by atoms with Crippen molar-refractivity contribution in [2.45, 2.75) is 38.5 Å². The van der Waals surface area contributed by atoms with E-state index in [1.807, 2.05) is 12.1 Å². The lowest BCUT2D eigenvalue weighted by atomic mass is 10.1. The number of rotatable bonds is 9. The lowest BCUT2D eigenvalue weighted by Gasteiger charge is -2.03. The summed E-state index contributed by atoms with van der Waals surface area (Å²) < 4.78 is 0. The second kappa shape index (κ2) is 9.38. The Morgan fingerprint density at radius 3 is 2.41 bits per heavy atom. The Morgan fingerprint density at radius 2 is 1.70 bits per heavy atom. The average Bonchev–Trinajstić information content (AvgIpc) is 3.27. The first-order chi connectivity index (χ1) is 13.1. The molecular formula is C17H20N6O2S2. The van der Waals surface area contributed by atoms with E-state index in [-0.39, 0.29) is 18.1 Å². The number of amides is 1. The number of carbonyl (C=O) groups is 1. The molecule has 3 rings (SSSR count). The van der Waals surface area contributed by atoms with Crippen LogP contribution in [0.1, 0.15) is 34.8 Å². The predicted octanol–water partition coefficient (Wildman–Crippen LogP) is 2.81. The first-order valence-electron chi connectivity index (χ1n) is 8.57. The van der Waals surface area contributed by atoms with Crippen molar-refractivity contribution in [2.24, 2.45) is 0 Å². The zero-order valence-electron chi connectivity index (χ0n) is 14.6. The van der Waals surface area contributed by atoms with Gasteiger partial charge in [-0.1, -0.05) is 40.9 Å². The summed E-state index contributed by atoms with van der Waals surface area (Å²) in [6.07, 6.45) is 4.33. The minimum atomic E-state index is -0.144. The number of hydrogen-bond donors (Lipinski definition) is 3. The molecule has 0 saturated carbocycles. The number of aryl methyl sites for hydroxylation is 3. The number of nitrogen functional groups attached to an aromatic ring is 1. The number of anilines is 2. The average molecular weight is 405 g/mol. The molecule has 0 unspecified atom stereocenters. The third-order valence-corrected chi connectivity index (χ3v) is 5.55. The van der Waals surface area contributed by atoms with Crippen molar-refractivity contribution in [3.8, 4) is 5.75 Å². The van der Waals surface area contributed by atoms with Gasteiger partial charge in [0.25, 0.3) is 0 Å². The predicted molar refractivity (Wildman–Crippen MR) is 106 cm³/mol. The van der Waals surface area contributed by atoms with Gasteiger partial charge in [0.1, 0.15) is 15.8 Å². The smallest absolute Gasteiger partial charge is 0.226 e. The molecule has 0 fully saturated rings. The van der Waals surface area contributed by atoms with E-state index in [2.05, 4.69) is 25.7 Å². The van der Waals surface area contributed by atoms with Crippen LogP contribution in [0.4, 0.5) is 10.3 Å². The zero-order valence-corrected chi connectivity index (χ0v) is 16.2. The molecule has 0 bridgehead atoms. The van der Waals surface area contributed by atoms with Gasteiger partial charge in [0.15, 0.2) is 0 Å². The standard InChI is InChI=1S/C17H20N6O2S2/c18-16-22-20-14(26-16)7-3-4-8-15-21-23-17(27-15)19-13(25)10-9-11-5-1-2-6-12(11)24/h1-2,5-6,24H,3-4,7-10H2,(H2,18,22)(H,19,23,25). The van der Waals surface area contributed by atoms with Gasteiger partial charge in [-0.15, -0.1) is 20.4 Å². The Labute approximate surface area is 164 Å². The number of phenolic OH excluding ortho intramolecular Hbond substituents is 1. The molecule has 10 heteroatoms. The van der Waals surface area contributed by atoms with E-state index >= 15 is 0 Å². The number of aromatic nitrogens is 4. The lowest BCUT2D eigenvalue weighted by Crippen LogP contribution is -2.12. The molecule has 0 aliphatic rings. The van der Waals surface area contributed by atoms with Crippen molar-refractivity contribution >= 4 is 38.8 Å². The maximum Gasteiger partial charge on any atom is 0.226 e. The zero-order chi connectivity index (χ0) is 19.1. The third kappa shape index (κ3) is 5.97. The molecule has 2 aromatic heterocycles. The Balaban J connectivity index is 1.38. The second-order valence-corrected chi connectivity index (χ2v) is 8.07. The molecule has 142 valence electrons. The second-order valence-electron chi connectivity index (χ2n) is 5.92. The van der Waals surface area contributed by atoms with Gasteiger partial charge in [-0.05, 0) is 30.9 Å². The summed E-state index contributed by atoms with van der Waals surface area (Å²) in [7, 11) is 0. The van der Waals surface area contributed by atoms with E-state index < -0.39 is 0 Å². The summed E-state index contributed by atoms with van der Waals surface area (Å²) in [6.45, 7) is 0. The maximum atomic E-state index is 12.0. The first kappa shape index (κ1) is 19.2. The Morgan fingerprint density at radius 1 is 1.00 bits per heavy atom. The molecule has 0 aliphatic heterocycles. The van der Waals surface area contributed by atoms with Gasteiger partial charge < -0.3 is 16.2 Å². The van der Waals surface area contributed by atoms with Crippen LogP contribution in [-0.4, -0.2) is 31.4 Å². The van der Waals surface area contributed by atoms with E-state index in [9.17, 15) is 9.90 Å². The first-order valence-corrected chi connectivity index (χ1v) is 10.2. The summed E-state index contributed by atoms with van der Waals surface area (Å²) in [5, 5.41) is 31.3. The molecule has 0 spiro atoms. The minimum absolute atomic E-state index is 0.144. The van der Waals surface area contributed by atoms with E-state index in [0.717, 1.165) is 41.3 Å². The molecule has 0 saturated heterocycles. The number of para-hydroxylation sites is 1. The van der Waals surface area contributed by atoms with Crippen molar-refractivity contribution in [3.63, 3.8) is 0 Å². The maximum absolute atomic E-state index is 12.0. The molecule has 1 aromatic carbocycles. The quantitative estimate of drug-likeness (QED) is 0.468. The number of aromatic hydroxyl groups is 1. The van der Waals surface area contributed by atoms with Gasteiger partial charge in [0, 0.05) is 19.3 Å². The highest BCUT2D eigenvalue weighted by atomic mass is 32.1. The minimum Gasteiger partial charge on any atom is -0.508 e. The number of carbonyl (C=O) groups excluding carboxylic acids is 1. The van der Waals surface area contributed by atoms with Crippen LogP contribution in [0.15, 0.2) is 24.3 Å². The monoisotopic (exact) mass is 404 g/mol. The van der Waals surface area contributed by atoms with Gasteiger partial charge in [-0.3, -0.25) is 4.79 Å².